The van der Waals surface area contributed by atoms with Crippen molar-refractivity contribution in [3.8, 4) is 0 Å². The van der Waals surface area contributed by atoms with Crippen LogP contribution in [0, 0.1) is 6.92 Å². The Labute approximate surface area is 135 Å². The third-order valence-corrected chi connectivity index (χ3v) is 4.64. The van der Waals surface area contributed by atoms with Crippen LogP contribution < -0.4 is 15.5 Å². The van der Waals surface area contributed by atoms with E-state index in [-0.39, 0.29) is 5.91 Å². The van der Waals surface area contributed by atoms with Gasteiger partial charge in [-0.25, -0.2) is 4.98 Å². The fourth-order valence-corrected chi connectivity index (χ4v) is 3.06. The zero-order valence-corrected chi connectivity index (χ0v) is 14.3. The SMILES string of the molecule is CCN(CC)c1ccc(NC(=O)c2sc(NC)nc2C)cc1. The minimum Gasteiger partial charge on any atom is -0.372 e. The van der Waals surface area contributed by atoms with Gasteiger partial charge in [0, 0.05) is 31.5 Å². The van der Waals surface area contributed by atoms with Gasteiger partial charge in [0.1, 0.15) is 4.88 Å². The molecular formula is C16H22N4OS. The van der Waals surface area contributed by atoms with E-state index in [0.717, 1.165) is 35.3 Å². The summed E-state index contributed by atoms with van der Waals surface area (Å²) >= 11 is 1.36. The molecular weight excluding hydrogens is 296 g/mol. The number of thiazole rings is 1. The van der Waals surface area contributed by atoms with E-state index >= 15 is 0 Å². The summed E-state index contributed by atoms with van der Waals surface area (Å²) in [6.45, 7) is 8.04. The van der Waals surface area contributed by atoms with Crippen LogP contribution in [0.5, 0.6) is 0 Å². The van der Waals surface area contributed by atoms with E-state index in [9.17, 15) is 4.79 Å². The molecule has 2 N–H and O–H groups in total. The molecule has 0 aliphatic heterocycles. The van der Waals surface area contributed by atoms with Crippen LogP contribution in [0.3, 0.4) is 0 Å². The van der Waals surface area contributed by atoms with Crippen molar-refractivity contribution in [1.82, 2.24) is 4.98 Å². The Hall–Kier alpha value is -2.08. The van der Waals surface area contributed by atoms with Crippen LogP contribution in [0.25, 0.3) is 0 Å². The molecule has 0 aliphatic rings. The van der Waals surface area contributed by atoms with Crippen molar-refractivity contribution >= 4 is 33.8 Å². The monoisotopic (exact) mass is 318 g/mol. The molecule has 6 heteroatoms. The van der Waals surface area contributed by atoms with Gasteiger partial charge in [0.05, 0.1) is 5.69 Å². The summed E-state index contributed by atoms with van der Waals surface area (Å²) in [6.07, 6.45) is 0. The van der Waals surface area contributed by atoms with Crippen molar-refractivity contribution in [1.29, 1.82) is 0 Å². The average Bonchev–Trinajstić information content (AvgIpc) is 2.91. The van der Waals surface area contributed by atoms with Gasteiger partial charge in [-0.05, 0) is 45.0 Å². The molecule has 0 saturated carbocycles. The standard InChI is InChI=1S/C16H22N4OS/c1-5-20(6-2)13-9-7-12(8-10-13)19-15(21)14-11(3)18-16(17-4)22-14/h7-10H,5-6H2,1-4H3,(H,17,18)(H,19,21). The minimum absolute atomic E-state index is 0.118. The number of anilines is 3. The third-order valence-electron chi connectivity index (χ3n) is 3.47. The lowest BCUT2D eigenvalue weighted by molar-refractivity contribution is 0.103. The highest BCUT2D eigenvalue weighted by Crippen LogP contribution is 2.24. The van der Waals surface area contributed by atoms with Crippen LogP contribution in [0.2, 0.25) is 0 Å². The van der Waals surface area contributed by atoms with Crippen LogP contribution in [0.4, 0.5) is 16.5 Å². The van der Waals surface area contributed by atoms with Gasteiger partial charge in [0.15, 0.2) is 5.13 Å². The lowest BCUT2D eigenvalue weighted by Crippen LogP contribution is -2.21. The van der Waals surface area contributed by atoms with Crippen molar-refractivity contribution in [3.63, 3.8) is 0 Å². The highest BCUT2D eigenvalue weighted by atomic mass is 32.1. The zero-order chi connectivity index (χ0) is 16.1. The molecule has 2 aromatic rings. The third kappa shape index (κ3) is 3.57. The van der Waals surface area contributed by atoms with Crippen LogP contribution >= 0.6 is 11.3 Å². The molecule has 0 unspecified atom stereocenters. The second-order valence-corrected chi connectivity index (χ2v) is 5.86. The Bertz CT molecular complexity index is 632. The summed E-state index contributed by atoms with van der Waals surface area (Å²) in [4.78, 5) is 19.5. The van der Waals surface area contributed by atoms with Gasteiger partial charge in [-0.2, -0.15) is 0 Å². The molecule has 0 bridgehead atoms. The number of benzene rings is 1. The second kappa shape index (κ2) is 7.26. The van der Waals surface area contributed by atoms with Gasteiger partial charge >= 0.3 is 0 Å². The van der Waals surface area contributed by atoms with Crippen LogP contribution in [-0.4, -0.2) is 31.0 Å². The molecule has 5 nitrogen and oxygen atoms in total. The normalized spacial score (nSPS) is 10.4. The summed E-state index contributed by atoms with van der Waals surface area (Å²) in [6, 6.07) is 7.92. The van der Waals surface area contributed by atoms with Gasteiger partial charge in [-0.3, -0.25) is 4.79 Å². The molecule has 2 rings (SSSR count). The zero-order valence-electron chi connectivity index (χ0n) is 13.4. The predicted octanol–water partition coefficient (Wildman–Crippen LogP) is 3.59. The smallest absolute Gasteiger partial charge is 0.267 e. The number of hydrogen-bond acceptors (Lipinski definition) is 5. The molecule has 0 aliphatic carbocycles. The fraction of sp³-hybridized carbons (Fsp3) is 0.375. The summed E-state index contributed by atoms with van der Waals surface area (Å²) in [7, 11) is 1.80. The lowest BCUT2D eigenvalue weighted by atomic mass is 10.2. The highest BCUT2D eigenvalue weighted by Gasteiger charge is 2.15. The average molecular weight is 318 g/mol. The van der Waals surface area contributed by atoms with E-state index in [4.69, 9.17) is 0 Å². The van der Waals surface area contributed by atoms with Crippen molar-refractivity contribution in [2.75, 3.05) is 35.7 Å². The van der Waals surface area contributed by atoms with Gasteiger partial charge in [0.25, 0.3) is 5.91 Å². The molecule has 0 fully saturated rings. The summed E-state index contributed by atoms with van der Waals surface area (Å²) in [5.41, 5.74) is 2.70. The topological polar surface area (TPSA) is 57.3 Å². The lowest BCUT2D eigenvalue weighted by Gasteiger charge is -2.21. The molecule has 1 heterocycles. The van der Waals surface area contributed by atoms with Crippen LogP contribution in [0.15, 0.2) is 24.3 Å². The maximum atomic E-state index is 12.3. The second-order valence-electron chi connectivity index (χ2n) is 4.86. The number of nitrogens with one attached hydrogen (secondary N) is 2. The number of carbonyl (C=O) groups is 1. The summed E-state index contributed by atoms with van der Waals surface area (Å²) in [5, 5.41) is 6.63. The molecule has 118 valence electrons. The van der Waals surface area contributed by atoms with E-state index in [1.165, 1.54) is 11.3 Å². The number of rotatable bonds is 6. The van der Waals surface area contributed by atoms with Gasteiger partial charge < -0.3 is 15.5 Å². The number of amides is 1. The van der Waals surface area contributed by atoms with Crippen molar-refractivity contribution in [3.05, 3.63) is 34.8 Å². The first kappa shape index (κ1) is 16.3. The Balaban J connectivity index is 2.10. The van der Waals surface area contributed by atoms with Crippen LogP contribution in [-0.2, 0) is 0 Å². The van der Waals surface area contributed by atoms with Crippen LogP contribution in [0.1, 0.15) is 29.2 Å². The Morgan fingerprint density at radius 3 is 2.36 bits per heavy atom. The molecule has 1 aromatic carbocycles. The van der Waals surface area contributed by atoms with Crippen molar-refractivity contribution in [2.45, 2.75) is 20.8 Å². The number of aromatic nitrogens is 1. The van der Waals surface area contributed by atoms with E-state index in [1.54, 1.807) is 7.05 Å². The maximum Gasteiger partial charge on any atom is 0.267 e. The summed E-state index contributed by atoms with van der Waals surface area (Å²) < 4.78 is 0. The molecule has 0 radical (unpaired) electrons. The van der Waals surface area contributed by atoms with E-state index in [2.05, 4.69) is 34.4 Å². The number of nitrogens with zero attached hydrogens (tertiary/aromatic N) is 2. The Morgan fingerprint density at radius 1 is 1.23 bits per heavy atom. The molecule has 1 aromatic heterocycles. The number of carbonyl (C=O) groups excluding carboxylic acids is 1. The van der Waals surface area contributed by atoms with E-state index < -0.39 is 0 Å². The first-order chi connectivity index (χ1) is 10.6. The van der Waals surface area contributed by atoms with Gasteiger partial charge in [-0.15, -0.1) is 0 Å². The largest absolute Gasteiger partial charge is 0.372 e. The van der Waals surface area contributed by atoms with Gasteiger partial charge in [-0.1, -0.05) is 11.3 Å². The maximum absolute atomic E-state index is 12.3. The number of hydrogen-bond donors (Lipinski definition) is 2. The molecule has 22 heavy (non-hydrogen) atoms. The first-order valence-electron chi connectivity index (χ1n) is 7.40. The Morgan fingerprint density at radius 2 is 1.86 bits per heavy atom. The first-order valence-corrected chi connectivity index (χ1v) is 8.22. The Kier molecular flexibility index (Phi) is 5.38. The quantitative estimate of drug-likeness (QED) is 0.854. The highest BCUT2D eigenvalue weighted by molar-refractivity contribution is 7.17. The molecule has 0 saturated heterocycles. The predicted molar refractivity (Wildman–Crippen MR) is 94.4 cm³/mol. The van der Waals surface area contributed by atoms with Crippen molar-refractivity contribution in [2.24, 2.45) is 0 Å². The molecule has 0 spiro atoms. The minimum atomic E-state index is -0.118. The van der Waals surface area contributed by atoms with Gasteiger partial charge in [0.2, 0.25) is 0 Å². The van der Waals surface area contributed by atoms with Crippen molar-refractivity contribution < 1.29 is 4.79 Å². The number of aryl methyl sites for hydroxylation is 1. The molecule has 0 atom stereocenters. The molecule has 1 amide bonds. The van der Waals surface area contributed by atoms with E-state index in [0.29, 0.717) is 4.88 Å². The fourth-order valence-electron chi connectivity index (χ4n) is 2.25. The summed E-state index contributed by atoms with van der Waals surface area (Å²) in [5.74, 6) is -0.118. The van der Waals surface area contributed by atoms with E-state index in [1.807, 2.05) is 31.2 Å².